The number of ketones is 1. The van der Waals surface area contributed by atoms with Gasteiger partial charge in [-0.25, -0.2) is 4.68 Å². The van der Waals surface area contributed by atoms with E-state index in [1.165, 1.54) is 13.1 Å². The van der Waals surface area contributed by atoms with E-state index in [-0.39, 0.29) is 11.5 Å². The molecule has 0 aliphatic heterocycles. The minimum atomic E-state index is -0.0445. The topological polar surface area (TPSA) is 55.1 Å². The number of rotatable bonds is 2. The molecule has 2 aromatic rings. The van der Waals surface area contributed by atoms with Gasteiger partial charge in [-0.1, -0.05) is 0 Å². The summed E-state index contributed by atoms with van der Waals surface area (Å²) in [5.41, 5.74) is 1.31. The Labute approximate surface area is 101 Å². The van der Waals surface area contributed by atoms with Crippen LogP contribution in [0.1, 0.15) is 17.3 Å². The van der Waals surface area contributed by atoms with Crippen molar-refractivity contribution in [3.8, 4) is 11.4 Å². The molecule has 1 N–H and O–H groups in total. The van der Waals surface area contributed by atoms with Crippen LogP contribution in [0.15, 0.2) is 35.1 Å². The molecule has 0 bridgehead atoms. The van der Waals surface area contributed by atoms with Crippen LogP contribution in [0, 0.1) is 0 Å². The zero-order valence-corrected chi connectivity index (χ0v) is 10.1. The first-order valence-electron chi connectivity index (χ1n) is 4.63. The van der Waals surface area contributed by atoms with Crippen molar-refractivity contribution in [1.82, 2.24) is 9.78 Å². The number of benzene rings is 1. The number of nitrogens with zero attached hydrogens (tertiary/aromatic N) is 2. The standard InChI is InChI=1S/C11H9BrN2O2/c1-7(15)10-6-13-14(11(10)12)8-2-4-9(16)5-3-8/h2-6,16H,1H3. The maximum atomic E-state index is 11.2. The molecular formula is C11H9BrN2O2. The lowest BCUT2D eigenvalue weighted by Crippen LogP contribution is -1.97. The number of halogens is 1. The zero-order valence-electron chi connectivity index (χ0n) is 8.51. The van der Waals surface area contributed by atoms with Gasteiger partial charge in [-0.15, -0.1) is 0 Å². The highest BCUT2D eigenvalue weighted by Crippen LogP contribution is 2.22. The van der Waals surface area contributed by atoms with E-state index in [0.29, 0.717) is 10.2 Å². The number of aromatic hydroxyl groups is 1. The molecule has 16 heavy (non-hydrogen) atoms. The summed E-state index contributed by atoms with van der Waals surface area (Å²) in [7, 11) is 0. The number of phenols is 1. The van der Waals surface area contributed by atoms with Crippen molar-refractivity contribution >= 4 is 21.7 Å². The maximum absolute atomic E-state index is 11.2. The van der Waals surface area contributed by atoms with E-state index in [1.807, 2.05) is 0 Å². The summed E-state index contributed by atoms with van der Waals surface area (Å²) in [6, 6.07) is 6.57. The second-order valence-corrected chi connectivity index (χ2v) is 4.08. The van der Waals surface area contributed by atoms with Crippen LogP contribution in [-0.2, 0) is 0 Å². The van der Waals surface area contributed by atoms with Gasteiger partial charge >= 0.3 is 0 Å². The molecule has 0 aliphatic rings. The zero-order chi connectivity index (χ0) is 11.7. The quantitative estimate of drug-likeness (QED) is 0.861. The highest BCUT2D eigenvalue weighted by Gasteiger charge is 2.12. The molecule has 0 fully saturated rings. The lowest BCUT2D eigenvalue weighted by molar-refractivity contribution is 0.101. The molecule has 2 rings (SSSR count). The van der Waals surface area contributed by atoms with E-state index < -0.39 is 0 Å². The number of carbonyl (C=O) groups excluding carboxylic acids is 1. The van der Waals surface area contributed by atoms with E-state index in [4.69, 9.17) is 0 Å². The van der Waals surface area contributed by atoms with E-state index in [0.717, 1.165) is 5.69 Å². The van der Waals surface area contributed by atoms with Crippen LogP contribution in [0.3, 0.4) is 0 Å². The lowest BCUT2D eigenvalue weighted by Gasteiger charge is -2.03. The predicted molar refractivity (Wildman–Crippen MR) is 62.9 cm³/mol. The van der Waals surface area contributed by atoms with Gasteiger partial charge in [0, 0.05) is 0 Å². The molecule has 0 saturated carbocycles. The Morgan fingerprint density at radius 2 is 2.00 bits per heavy atom. The summed E-state index contributed by atoms with van der Waals surface area (Å²) in [6.07, 6.45) is 1.51. The fourth-order valence-corrected chi connectivity index (χ4v) is 2.02. The average molecular weight is 281 g/mol. The maximum Gasteiger partial charge on any atom is 0.164 e. The van der Waals surface area contributed by atoms with Gasteiger partial charge in [-0.05, 0) is 47.1 Å². The molecule has 0 aliphatic carbocycles. The van der Waals surface area contributed by atoms with Gasteiger partial charge in [0.15, 0.2) is 5.78 Å². The Morgan fingerprint density at radius 3 is 2.50 bits per heavy atom. The highest BCUT2D eigenvalue weighted by molar-refractivity contribution is 9.10. The summed E-state index contributed by atoms with van der Waals surface area (Å²) < 4.78 is 2.21. The van der Waals surface area contributed by atoms with Crippen LogP contribution in [-0.4, -0.2) is 20.7 Å². The van der Waals surface area contributed by atoms with Crippen molar-refractivity contribution in [3.05, 3.63) is 40.6 Å². The molecule has 0 amide bonds. The largest absolute Gasteiger partial charge is 0.508 e. The second kappa shape index (κ2) is 4.09. The van der Waals surface area contributed by atoms with Gasteiger partial charge < -0.3 is 5.11 Å². The van der Waals surface area contributed by atoms with Crippen LogP contribution in [0.2, 0.25) is 0 Å². The van der Waals surface area contributed by atoms with E-state index in [9.17, 15) is 9.90 Å². The first-order chi connectivity index (χ1) is 7.59. The number of phenolic OH excluding ortho intramolecular Hbond substituents is 1. The third-order valence-corrected chi connectivity index (χ3v) is 2.95. The summed E-state index contributed by atoms with van der Waals surface area (Å²) >= 11 is 3.32. The van der Waals surface area contributed by atoms with Crippen LogP contribution in [0.4, 0.5) is 0 Å². The van der Waals surface area contributed by atoms with Crippen molar-refractivity contribution in [2.75, 3.05) is 0 Å². The number of carbonyl (C=O) groups is 1. The van der Waals surface area contributed by atoms with Crippen molar-refractivity contribution in [2.24, 2.45) is 0 Å². The SMILES string of the molecule is CC(=O)c1cnn(-c2ccc(O)cc2)c1Br. The van der Waals surface area contributed by atoms with Gasteiger partial charge in [0.05, 0.1) is 17.4 Å². The smallest absolute Gasteiger partial charge is 0.164 e. The third kappa shape index (κ3) is 1.86. The number of hydrogen-bond acceptors (Lipinski definition) is 3. The molecule has 0 atom stereocenters. The van der Waals surface area contributed by atoms with E-state index in [2.05, 4.69) is 21.0 Å². The molecule has 0 radical (unpaired) electrons. The molecule has 1 heterocycles. The van der Waals surface area contributed by atoms with Crippen LogP contribution >= 0.6 is 15.9 Å². The third-order valence-electron chi connectivity index (χ3n) is 2.18. The Balaban J connectivity index is 2.49. The molecule has 0 unspecified atom stereocenters. The predicted octanol–water partition coefficient (Wildman–Crippen LogP) is 2.54. The van der Waals surface area contributed by atoms with Gasteiger partial charge in [0.2, 0.25) is 0 Å². The van der Waals surface area contributed by atoms with Gasteiger partial charge in [-0.3, -0.25) is 4.79 Å². The molecular weight excluding hydrogens is 272 g/mol. The van der Waals surface area contributed by atoms with Crippen molar-refractivity contribution in [1.29, 1.82) is 0 Å². The van der Waals surface area contributed by atoms with Gasteiger partial charge in [0.1, 0.15) is 10.4 Å². The summed E-state index contributed by atoms with van der Waals surface area (Å²) in [6.45, 7) is 1.49. The van der Waals surface area contributed by atoms with Crippen molar-refractivity contribution in [2.45, 2.75) is 6.92 Å². The van der Waals surface area contributed by atoms with E-state index in [1.54, 1.807) is 28.9 Å². The molecule has 0 saturated heterocycles. The molecule has 5 heteroatoms. The van der Waals surface area contributed by atoms with Crippen molar-refractivity contribution < 1.29 is 9.90 Å². The minimum absolute atomic E-state index is 0.0445. The number of hydrogen-bond donors (Lipinski definition) is 1. The fraction of sp³-hybridized carbons (Fsp3) is 0.0909. The molecule has 1 aromatic carbocycles. The first kappa shape index (κ1) is 10.9. The van der Waals surface area contributed by atoms with Gasteiger partial charge in [-0.2, -0.15) is 5.10 Å². The van der Waals surface area contributed by atoms with Gasteiger partial charge in [0.25, 0.3) is 0 Å². The summed E-state index contributed by atoms with van der Waals surface area (Å²) in [5, 5.41) is 13.3. The second-order valence-electron chi connectivity index (χ2n) is 3.33. The summed E-state index contributed by atoms with van der Waals surface area (Å²) in [5.74, 6) is 0.149. The Morgan fingerprint density at radius 1 is 1.38 bits per heavy atom. The monoisotopic (exact) mass is 280 g/mol. The first-order valence-corrected chi connectivity index (χ1v) is 5.43. The molecule has 1 aromatic heterocycles. The van der Waals surface area contributed by atoms with Crippen LogP contribution < -0.4 is 0 Å². The van der Waals surface area contributed by atoms with Crippen LogP contribution in [0.5, 0.6) is 5.75 Å². The molecule has 0 spiro atoms. The normalized spacial score (nSPS) is 10.4. The minimum Gasteiger partial charge on any atom is -0.508 e. The Bertz CT molecular complexity index is 531. The summed E-state index contributed by atoms with van der Waals surface area (Å²) in [4.78, 5) is 11.2. The van der Waals surface area contributed by atoms with E-state index >= 15 is 0 Å². The molecule has 4 nitrogen and oxygen atoms in total. The van der Waals surface area contributed by atoms with Crippen molar-refractivity contribution in [3.63, 3.8) is 0 Å². The Hall–Kier alpha value is -1.62. The lowest BCUT2D eigenvalue weighted by atomic mass is 10.2. The number of aromatic nitrogens is 2. The molecule has 82 valence electrons. The van der Waals surface area contributed by atoms with Crippen LogP contribution in [0.25, 0.3) is 5.69 Å². The number of Topliss-reactive ketones (excluding diaryl/α,β-unsaturated/α-hetero) is 1. The fourth-order valence-electron chi connectivity index (χ4n) is 1.34. The Kier molecular flexibility index (Phi) is 2.78. The highest BCUT2D eigenvalue weighted by atomic mass is 79.9. The average Bonchev–Trinajstić information content (AvgIpc) is 2.61.